The van der Waals surface area contributed by atoms with Crippen LogP contribution in [0.3, 0.4) is 0 Å². The molecule has 0 saturated carbocycles. The molecule has 2 rings (SSSR count). The van der Waals surface area contributed by atoms with Crippen molar-refractivity contribution in [3.63, 3.8) is 0 Å². The van der Waals surface area contributed by atoms with Gasteiger partial charge >= 0.3 is 6.18 Å². The summed E-state index contributed by atoms with van der Waals surface area (Å²) in [6.45, 7) is 4.22. The molecule has 1 fully saturated rings. The minimum atomic E-state index is -4.36. The molecule has 19 heavy (non-hydrogen) atoms. The maximum Gasteiger partial charge on any atom is 0.416 e. The zero-order valence-corrected chi connectivity index (χ0v) is 11.4. The van der Waals surface area contributed by atoms with Crippen molar-refractivity contribution in [1.29, 1.82) is 0 Å². The van der Waals surface area contributed by atoms with Gasteiger partial charge in [0.25, 0.3) is 0 Å². The van der Waals surface area contributed by atoms with E-state index in [1.54, 1.807) is 6.07 Å². The van der Waals surface area contributed by atoms with E-state index in [2.05, 4.69) is 12.2 Å². The van der Waals surface area contributed by atoms with Gasteiger partial charge in [-0.2, -0.15) is 13.2 Å². The molecular weight excluding hydrogens is 277 g/mol. The molecule has 1 N–H and O–H groups in total. The Labute approximate surface area is 115 Å². The standard InChI is InChI=1S/C13H16ClF3N2/c1-2-11-8-19(4-3-18-11)12-6-9(13(15,16)17)5-10(14)7-12/h5-7,11,18H,2-4,8H2,1H3. The number of anilines is 1. The molecule has 2 nitrogen and oxygen atoms in total. The number of alkyl halides is 3. The molecular formula is C13H16ClF3N2. The van der Waals surface area contributed by atoms with Crippen molar-refractivity contribution in [1.82, 2.24) is 5.32 Å². The largest absolute Gasteiger partial charge is 0.416 e. The summed E-state index contributed by atoms with van der Waals surface area (Å²) < 4.78 is 38.3. The second kappa shape index (κ2) is 5.59. The molecule has 106 valence electrons. The van der Waals surface area contributed by atoms with E-state index in [0.717, 1.165) is 19.0 Å². The number of halogens is 4. The van der Waals surface area contributed by atoms with Crippen LogP contribution < -0.4 is 10.2 Å². The third kappa shape index (κ3) is 3.54. The van der Waals surface area contributed by atoms with Gasteiger partial charge in [0.15, 0.2) is 0 Å². The molecule has 0 aliphatic carbocycles. The highest BCUT2D eigenvalue weighted by Gasteiger charge is 2.32. The van der Waals surface area contributed by atoms with Crippen LogP contribution >= 0.6 is 11.6 Å². The number of rotatable bonds is 2. The summed E-state index contributed by atoms with van der Waals surface area (Å²) in [5.41, 5.74) is -0.152. The first-order chi connectivity index (χ1) is 8.90. The van der Waals surface area contributed by atoms with Crippen LogP contribution in [0.5, 0.6) is 0 Å². The maximum atomic E-state index is 12.8. The third-order valence-electron chi connectivity index (χ3n) is 3.32. The minimum absolute atomic E-state index is 0.122. The molecule has 1 aliphatic rings. The first-order valence-electron chi connectivity index (χ1n) is 6.26. The van der Waals surface area contributed by atoms with Crippen LogP contribution in [0.4, 0.5) is 18.9 Å². The highest BCUT2D eigenvalue weighted by Crippen LogP contribution is 2.34. The Kier molecular flexibility index (Phi) is 4.26. The Morgan fingerprint density at radius 1 is 1.37 bits per heavy atom. The van der Waals surface area contributed by atoms with Crippen molar-refractivity contribution in [3.8, 4) is 0 Å². The number of nitrogens with zero attached hydrogens (tertiary/aromatic N) is 1. The van der Waals surface area contributed by atoms with E-state index in [1.807, 2.05) is 4.90 Å². The summed E-state index contributed by atoms with van der Waals surface area (Å²) in [6.07, 6.45) is -3.42. The number of hydrogen-bond donors (Lipinski definition) is 1. The molecule has 0 radical (unpaired) electrons. The van der Waals surface area contributed by atoms with Crippen molar-refractivity contribution < 1.29 is 13.2 Å². The van der Waals surface area contributed by atoms with Gasteiger partial charge in [-0.05, 0) is 24.6 Å². The van der Waals surface area contributed by atoms with Gasteiger partial charge in [-0.25, -0.2) is 0 Å². The lowest BCUT2D eigenvalue weighted by molar-refractivity contribution is -0.137. The number of piperazine rings is 1. The Morgan fingerprint density at radius 2 is 2.11 bits per heavy atom. The Bertz CT molecular complexity index is 448. The number of nitrogens with one attached hydrogen (secondary N) is 1. The van der Waals surface area contributed by atoms with Crippen molar-refractivity contribution in [3.05, 3.63) is 28.8 Å². The number of benzene rings is 1. The zero-order valence-electron chi connectivity index (χ0n) is 10.6. The fourth-order valence-electron chi connectivity index (χ4n) is 2.25. The van der Waals surface area contributed by atoms with Gasteiger partial charge in [-0.1, -0.05) is 18.5 Å². The molecule has 1 atom stereocenters. The third-order valence-corrected chi connectivity index (χ3v) is 3.54. The van der Waals surface area contributed by atoms with Crippen LogP contribution in [0, 0.1) is 0 Å². The summed E-state index contributed by atoms with van der Waals surface area (Å²) in [4.78, 5) is 1.95. The highest BCUT2D eigenvalue weighted by atomic mass is 35.5. The Morgan fingerprint density at radius 3 is 2.74 bits per heavy atom. The predicted octanol–water partition coefficient (Wildman–Crippen LogP) is 3.55. The molecule has 1 saturated heterocycles. The Balaban J connectivity index is 2.26. The molecule has 1 aromatic rings. The first-order valence-corrected chi connectivity index (χ1v) is 6.64. The second-order valence-electron chi connectivity index (χ2n) is 4.70. The zero-order chi connectivity index (χ0) is 14.0. The Hall–Kier alpha value is -0.940. The SMILES string of the molecule is CCC1CN(c2cc(Cl)cc(C(F)(F)F)c2)CCN1. The van der Waals surface area contributed by atoms with E-state index >= 15 is 0 Å². The fourth-order valence-corrected chi connectivity index (χ4v) is 2.48. The molecule has 6 heteroatoms. The summed E-state index contributed by atoms with van der Waals surface area (Å²) in [5, 5.41) is 3.45. The summed E-state index contributed by atoms with van der Waals surface area (Å²) in [6, 6.07) is 4.03. The molecule has 0 amide bonds. The summed E-state index contributed by atoms with van der Waals surface area (Å²) in [5.74, 6) is 0. The van der Waals surface area contributed by atoms with Crippen LogP contribution in [-0.2, 0) is 6.18 Å². The first kappa shape index (κ1) is 14.5. The van der Waals surface area contributed by atoms with Crippen LogP contribution in [0.25, 0.3) is 0 Å². The van der Waals surface area contributed by atoms with Crippen molar-refractivity contribution in [2.24, 2.45) is 0 Å². The monoisotopic (exact) mass is 292 g/mol. The topological polar surface area (TPSA) is 15.3 Å². The van der Waals surface area contributed by atoms with E-state index in [0.29, 0.717) is 24.8 Å². The lowest BCUT2D eigenvalue weighted by Gasteiger charge is -2.35. The maximum absolute atomic E-state index is 12.8. The van der Waals surface area contributed by atoms with Gasteiger partial charge in [0, 0.05) is 36.4 Å². The van der Waals surface area contributed by atoms with Gasteiger partial charge in [0.1, 0.15) is 0 Å². The van der Waals surface area contributed by atoms with E-state index in [9.17, 15) is 13.2 Å². The minimum Gasteiger partial charge on any atom is -0.369 e. The van der Waals surface area contributed by atoms with E-state index in [-0.39, 0.29) is 5.02 Å². The van der Waals surface area contributed by atoms with Gasteiger partial charge < -0.3 is 10.2 Å². The predicted molar refractivity (Wildman–Crippen MR) is 70.7 cm³/mol. The molecule has 1 aliphatic heterocycles. The van der Waals surface area contributed by atoms with E-state index in [4.69, 9.17) is 11.6 Å². The molecule has 0 spiro atoms. The molecule has 0 bridgehead atoms. The summed E-state index contributed by atoms with van der Waals surface area (Å²) >= 11 is 5.80. The highest BCUT2D eigenvalue weighted by molar-refractivity contribution is 6.30. The van der Waals surface area contributed by atoms with Crippen molar-refractivity contribution >= 4 is 17.3 Å². The second-order valence-corrected chi connectivity index (χ2v) is 5.14. The molecule has 1 aromatic carbocycles. The molecule has 0 aromatic heterocycles. The van der Waals surface area contributed by atoms with Crippen LogP contribution in [0.2, 0.25) is 5.02 Å². The summed E-state index contributed by atoms with van der Waals surface area (Å²) in [7, 11) is 0. The lowest BCUT2D eigenvalue weighted by Crippen LogP contribution is -2.50. The average Bonchev–Trinajstić information content (AvgIpc) is 2.37. The van der Waals surface area contributed by atoms with Crippen molar-refractivity contribution in [2.45, 2.75) is 25.6 Å². The molecule has 1 heterocycles. The van der Waals surface area contributed by atoms with E-state index < -0.39 is 11.7 Å². The molecule has 1 unspecified atom stereocenters. The fraction of sp³-hybridized carbons (Fsp3) is 0.538. The normalized spacial score (nSPS) is 20.7. The van der Waals surface area contributed by atoms with Crippen molar-refractivity contribution in [2.75, 3.05) is 24.5 Å². The lowest BCUT2D eigenvalue weighted by atomic mass is 10.1. The van der Waals surface area contributed by atoms with Gasteiger partial charge in [0.2, 0.25) is 0 Å². The van der Waals surface area contributed by atoms with Crippen LogP contribution in [-0.4, -0.2) is 25.7 Å². The van der Waals surface area contributed by atoms with Gasteiger partial charge in [-0.15, -0.1) is 0 Å². The van der Waals surface area contributed by atoms with Crippen LogP contribution in [0.15, 0.2) is 18.2 Å². The van der Waals surface area contributed by atoms with Gasteiger partial charge in [0.05, 0.1) is 5.56 Å². The number of hydrogen-bond acceptors (Lipinski definition) is 2. The average molecular weight is 293 g/mol. The van der Waals surface area contributed by atoms with Crippen LogP contribution in [0.1, 0.15) is 18.9 Å². The smallest absolute Gasteiger partial charge is 0.369 e. The quantitative estimate of drug-likeness (QED) is 0.897. The van der Waals surface area contributed by atoms with Gasteiger partial charge in [-0.3, -0.25) is 0 Å². The van der Waals surface area contributed by atoms with E-state index in [1.165, 1.54) is 6.07 Å².